The normalized spacial score (nSPS) is 13.8. The molecule has 1 aromatic rings. The van der Waals surface area contributed by atoms with Gasteiger partial charge in [-0.1, -0.05) is 26.3 Å². The molecule has 66 valence electrons. The molecule has 1 nitrogen and oxygen atoms in total. The molecule has 1 rings (SSSR count). The van der Waals surface area contributed by atoms with Gasteiger partial charge < -0.3 is 4.42 Å². The second kappa shape index (κ2) is 4.81. The molecule has 12 heavy (non-hydrogen) atoms. The van der Waals surface area contributed by atoms with E-state index in [4.69, 9.17) is 4.42 Å². The fraction of sp³-hybridized carbons (Fsp3) is 0.455. The topological polar surface area (TPSA) is 13.1 Å². The van der Waals surface area contributed by atoms with E-state index in [0.29, 0.717) is 5.92 Å². The van der Waals surface area contributed by atoms with Crippen molar-refractivity contribution in [2.24, 2.45) is 5.92 Å². The number of hydrogen-bond donors (Lipinski definition) is 0. The fourth-order valence-corrected chi connectivity index (χ4v) is 1.20. The Labute approximate surface area is 74.1 Å². The first kappa shape index (κ1) is 9.11. The Bertz CT molecular complexity index is 221. The Kier molecular flexibility index (Phi) is 3.65. The number of furan rings is 1. The highest BCUT2D eigenvalue weighted by Gasteiger charge is 1.94. The average Bonchev–Trinajstić information content (AvgIpc) is 2.53. The zero-order valence-corrected chi connectivity index (χ0v) is 7.79. The predicted octanol–water partition coefficient (Wildman–Crippen LogP) is 3.73. The molecule has 1 atom stereocenters. The third-order valence-corrected chi connectivity index (χ3v) is 1.88. The van der Waals surface area contributed by atoms with E-state index < -0.39 is 0 Å². The van der Waals surface area contributed by atoms with E-state index >= 15 is 0 Å². The van der Waals surface area contributed by atoms with Crippen molar-refractivity contribution in [1.82, 2.24) is 0 Å². The first-order valence-electron chi connectivity index (χ1n) is 4.54. The summed E-state index contributed by atoms with van der Waals surface area (Å²) in [7, 11) is 0. The number of hydrogen-bond acceptors (Lipinski definition) is 1. The molecule has 0 saturated carbocycles. The van der Waals surface area contributed by atoms with Crippen molar-refractivity contribution in [3.63, 3.8) is 0 Å². The molecule has 0 radical (unpaired) electrons. The molecular weight excluding hydrogens is 148 g/mol. The first-order chi connectivity index (χ1) is 5.83. The summed E-state index contributed by atoms with van der Waals surface area (Å²) in [5, 5.41) is 0. The molecule has 0 amide bonds. The third kappa shape index (κ3) is 2.95. The fourth-order valence-electron chi connectivity index (χ4n) is 1.20. The van der Waals surface area contributed by atoms with Crippen LogP contribution in [0.25, 0.3) is 6.08 Å². The van der Waals surface area contributed by atoms with Crippen LogP contribution < -0.4 is 0 Å². The molecule has 0 N–H and O–H groups in total. The van der Waals surface area contributed by atoms with Crippen molar-refractivity contribution in [2.75, 3.05) is 0 Å². The Morgan fingerprint density at radius 1 is 1.58 bits per heavy atom. The van der Waals surface area contributed by atoms with Gasteiger partial charge in [0.25, 0.3) is 0 Å². The molecule has 0 spiro atoms. The SMILES string of the molecule is CCCC(C)/C=C/c1ccco1. The lowest BCUT2D eigenvalue weighted by atomic mass is 10.1. The van der Waals surface area contributed by atoms with E-state index in [1.165, 1.54) is 12.8 Å². The minimum absolute atomic E-state index is 0.653. The average molecular weight is 164 g/mol. The standard InChI is InChI=1S/C11H16O/c1-3-5-10(2)7-8-11-6-4-9-12-11/h4,6-10H,3,5H2,1-2H3/b8-7+. The van der Waals surface area contributed by atoms with Gasteiger partial charge in [-0.15, -0.1) is 0 Å². The van der Waals surface area contributed by atoms with Gasteiger partial charge in [0.1, 0.15) is 5.76 Å². The monoisotopic (exact) mass is 164 g/mol. The lowest BCUT2D eigenvalue weighted by Gasteiger charge is -2.00. The summed E-state index contributed by atoms with van der Waals surface area (Å²) in [6.45, 7) is 4.43. The molecule has 1 heteroatoms. The van der Waals surface area contributed by atoms with E-state index in [1.807, 2.05) is 18.2 Å². The van der Waals surface area contributed by atoms with Gasteiger partial charge >= 0.3 is 0 Å². The van der Waals surface area contributed by atoms with Crippen LogP contribution in [0.4, 0.5) is 0 Å². The van der Waals surface area contributed by atoms with Crippen LogP contribution in [0.3, 0.4) is 0 Å². The second-order valence-electron chi connectivity index (χ2n) is 3.14. The largest absolute Gasteiger partial charge is 0.465 e. The maximum atomic E-state index is 5.18. The predicted molar refractivity (Wildman–Crippen MR) is 51.8 cm³/mol. The summed E-state index contributed by atoms with van der Waals surface area (Å²) in [5.74, 6) is 1.60. The molecule has 0 aromatic carbocycles. The molecule has 1 unspecified atom stereocenters. The van der Waals surface area contributed by atoms with Crippen LogP contribution in [-0.4, -0.2) is 0 Å². The third-order valence-electron chi connectivity index (χ3n) is 1.88. The maximum absolute atomic E-state index is 5.18. The molecule has 0 fully saturated rings. The summed E-state index contributed by atoms with van der Waals surface area (Å²) in [6, 6.07) is 3.87. The van der Waals surface area contributed by atoms with Gasteiger partial charge in [-0.05, 0) is 30.5 Å². The van der Waals surface area contributed by atoms with Crippen LogP contribution in [-0.2, 0) is 0 Å². The summed E-state index contributed by atoms with van der Waals surface area (Å²) in [4.78, 5) is 0. The Hall–Kier alpha value is -0.980. The van der Waals surface area contributed by atoms with Gasteiger partial charge in [0.2, 0.25) is 0 Å². The van der Waals surface area contributed by atoms with Crippen molar-refractivity contribution in [2.45, 2.75) is 26.7 Å². The van der Waals surface area contributed by atoms with Gasteiger partial charge in [-0.25, -0.2) is 0 Å². The molecular formula is C11H16O. The smallest absolute Gasteiger partial charge is 0.126 e. The van der Waals surface area contributed by atoms with E-state index in [2.05, 4.69) is 19.9 Å². The van der Waals surface area contributed by atoms with E-state index in [9.17, 15) is 0 Å². The quantitative estimate of drug-likeness (QED) is 0.660. The van der Waals surface area contributed by atoms with Crippen LogP contribution >= 0.6 is 0 Å². The van der Waals surface area contributed by atoms with Crippen LogP contribution in [0.15, 0.2) is 28.9 Å². The van der Waals surface area contributed by atoms with Gasteiger partial charge in [0, 0.05) is 0 Å². The van der Waals surface area contributed by atoms with Gasteiger partial charge in [0.15, 0.2) is 0 Å². The van der Waals surface area contributed by atoms with Crippen LogP contribution in [0, 0.1) is 5.92 Å². The minimum atomic E-state index is 0.653. The van der Waals surface area contributed by atoms with E-state index in [1.54, 1.807) is 6.26 Å². The molecule has 1 aromatic heterocycles. The first-order valence-corrected chi connectivity index (χ1v) is 4.54. The molecule has 0 saturated heterocycles. The highest BCUT2D eigenvalue weighted by atomic mass is 16.3. The minimum Gasteiger partial charge on any atom is -0.465 e. The molecule has 0 aliphatic carbocycles. The van der Waals surface area contributed by atoms with E-state index in [-0.39, 0.29) is 0 Å². The van der Waals surface area contributed by atoms with Crippen molar-refractivity contribution < 1.29 is 4.42 Å². The van der Waals surface area contributed by atoms with Crippen molar-refractivity contribution in [3.8, 4) is 0 Å². The van der Waals surface area contributed by atoms with Crippen LogP contribution in [0.1, 0.15) is 32.4 Å². The number of allylic oxidation sites excluding steroid dienone is 1. The maximum Gasteiger partial charge on any atom is 0.126 e. The zero-order chi connectivity index (χ0) is 8.81. The summed E-state index contributed by atoms with van der Waals surface area (Å²) in [6.07, 6.45) is 8.42. The molecule has 0 aliphatic heterocycles. The highest BCUT2D eigenvalue weighted by molar-refractivity contribution is 5.42. The highest BCUT2D eigenvalue weighted by Crippen LogP contribution is 2.10. The summed E-state index contributed by atoms with van der Waals surface area (Å²) >= 11 is 0. The Balaban J connectivity index is 2.40. The van der Waals surface area contributed by atoms with Crippen molar-refractivity contribution in [1.29, 1.82) is 0 Å². The molecule has 0 aliphatic rings. The van der Waals surface area contributed by atoms with E-state index in [0.717, 1.165) is 5.76 Å². The number of rotatable bonds is 4. The Morgan fingerprint density at radius 2 is 2.42 bits per heavy atom. The molecule has 0 bridgehead atoms. The summed E-state index contributed by atoms with van der Waals surface area (Å²) < 4.78 is 5.18. The lowest BCUT2D eigenvalue weighted by Crippen LogP contribution is -1.86. The van der Waals surface area contributed by atoms with Crippen molar-refractivity contribution in [3.05, 3.63) is 30.2 Å². The van der Waals surface area contributed by atoms with Crippen molar-refractivity contribution >= 4 is 6.08 Å². The van der Waals surface area contributed by atoms with Crippen LogP contribution in [0.2, 0.25) is 0 Å². The lowest BCUT2D eigenvalue weighted by molar-refractivity contribution is 0.555. The summed E-state index contributed by atoms with van der Waals surface area (Å²) in [5.41, 5.74) is 0. The van der Waals surface area contributed by atoms with Gasteiger partial charge in [-0.2, -0.15) is 0 Å². The Morgan fingerprint density at radius 3 is 3.00 bits per heavy atom. The zero-order valence-electron chi connectivity index (χ0n) is 7.79. The van der Waals surface area contributed by atoms with Gasteiger partial charge in [0.05, 0.1) is 6.26 Å². The molecule has 1 heterocycles. The second-order valence-corrected chi connectivity index (χ2v) is 3.14. The van der Waals surface area contributed by atoms with Gasteiger partial charge in [-0.3, -0.25) is 0 Å². The van der Waals surface area contributed by atoms with Crippen LogP contribution in [0.5, 0.6) is 0 Å².